The molecule has 1 atom stereocenters. The van der Waals surface area contributed by atoms with Crippen LogP contribution < -0.4 is 15.0 Å². The van der Waals surface area contributed by atoms with Gasteiger partial charge in [0.2, 0.25) is 6.79 Å². The first-order valence-corrected chi connectivity index (χ1v) is 11.0. The number of ether oxygens (including phenoxy) is 4. The number of pyridine rings is 2. The number of esters is 2. The van der Waals surface area contributed by atoms with Crippen LogP contribution in [0, 0.1) is 0 Å². The van der Waals surface area contributed by atoms with Crippen LogP contribution in [-0.4, -0.2) is 40.5 Å². The standard InChI is InChI=1S/C25H20N2O8/c1-3-25(31)16-7-18-21-12(9-27(18)23(29)15(16)10-33-24(25)30)6-14-13(4-5-20(28)32-2)22-19(34-11-35-22)8-17(14)26-21/h4-8,31H,3,9-11H2,1-2H3. The Balaban J connectivity index is 1.58. The molecule has 3 aromatic rings. The van der Waals surface area contributed by atoms with Crippen LogP contribution in [0.5, 0.6) is 11.5 Å². The molecule has 0 amide bonds. The van der Waals surface area contributed by atoms with Crippen molar-refractivity contribution in [2.45, 2.75) is 32.1 Å². The van der Waals surface area contributed by atoms with E-state index in [2.05, 4.69) is 0 Å². The molecule has 10 nitrogen and oxygen atoms in total. The Labute approximate surface area is 198 Å². The highest BCUT2D eigenvalue weighted by atomic mass is 16.7. The number of benzene rings is 1. The van der Waals surface area contributed by atoms with Crippen molar-refractivity contribution in [3.63, 3.8) is 0 Å². The highest BCUT2D eigenvalue weighted by Gasteiger charge is 2.45. The summed E-state index contributed by atoms with van der Waals surface area (Å²) in [5.41, 5.74) is 1.33. The zero-order valence-electron chi connectivity index (χ0n) is 18.9. The smallest absolute Gasteiger partial charge is 0.343 e. The quantitative estimate of drug-likeness (QED) is 0.349. The third-order valence-electron chi connectivity index (χ3n) is 6.78. The van der Waals surface area contributed by atoms with Crippen molar-refractivity contribution in [1.29, 1.82) is 0 Å². The van der Waals surface area contributed by atoms with Crippen molar-refractivity contribution in [2.75, 3.05) is 13.9 Å². The molecular weight excluding hydrogens is 456 g/mol. The van der Waals surface area contributed by atoms with Crippen molar-refractivity contribution in [3.8, 4) is 22.9 Å². The first kappa shape index (κ1) is 21.4. The van der Waals surface area contributed by atoms with Crippen LogP contribution in [0.1, 0.15) is 35.6 Å². The Bertz CT molecular complexity index is 1550. The van der Waals surface area contributed by atoms with E-state index in [0.717, 1.165) is 5.56 Å². The second-order valence-corrected chi connectivity index (χ2v) is 8.55. The van der Waals surface area contributed by atoms with Gasteiger partial charge in [-0.1, -0.05) is 6.92 Å². The Kier molecular flexibility index (Phi) is 4.52. The minimum absolute atomic E-state index is 0.0422. The summed E-state index contributed by atoms with van der Waals surface area (Å²) in [6.07, 6.45) is 2.95. The van der Waals surface area contributed by atoms with Crippen molar-refractivity contribution in [3.05, 3.63) is 56.9 Å². The number of hydrogen-bond donors (Lipinski definition) is 1. The number of hydrogen-bond acceptors (Lipinski definition) is 9. The van der Waals surface area contributed by atoms with Crippen LogP contribution in [0.25, 0.3) is 28.4 Å². The molecule has 6 rings (SSSR count). The van der Waals surface area contributed by atoms with Gasteiger partial charge in [0.05, 0.1) is 36.1 Å². The van der Waals surface area contributed by atoms with E-state index >= 15 is 0 Å². The van der Waals surface area contributed by atoms with Gasteiger partial charge in [0.15, 0.2) is 17.1 Å². The maximum absolute atomic E-state index is 13.3. The Morgan fingerprint density at radius 1 is 1.26 bits per heavy atom. The predicted octanol–water partition coefficient (Wildman–Crippen LogP) is 1.99. The monoisotopic (exact) mass is 476 g/mol. The third kappa shape index (κ3) is 2.93. The van der Waals surface area contributed by atoms with E-state index < -0.39 is 17.5 Å². The lowest BCUT2D eigenvalue weighted by Gasteiger charge is -2.31. The molecule has 2 aromatic heterocycles. The molecule has 5 heterocycles. The molecule has 0 bridgehead atoms. The van der Waals surface area contributed by atoms with Crippen molar-refractivity contribution in [2.24, 2.45) is 0 Å². The number of aromatic nitrogens is 2. The first-order chi connectivity index (χ1) is 16.9. The van der Waals surface area contributed by atoms with Gasteiger partial charge in [-0.25, -0.2) is 14.6 Å². The lowest BCUT2D eigenvalue weighted by Crippen LogP contribution is -2.44. The van der Waals surface area contributed by atoms with E-state index in [9.17, 15) is 19.5 Å². The summed E-state index contributed by atoms with van der Waals surface area (Å²) in [4.78, 5) is 42.3. The molecule has 178 valence electrons. The maximum Gasteiger partial charge on any atom is 0.343 e. The maximum atomic E-state index is 13.3. The molecule has 10 heteroatoms. The minimum Gasteiger partial charge on any atom is -0.466 e. The molecule has 0 radical (unpaired) electrons. The number of carbonyl (C=O) groups excluding carboxylic acids is 2. The predicted molar refractivity (Wildman–Crippen MR) is 122 cm³/mol. The molecule has 0 spiro atoms. The lowest BCUT2D eigenvalue weighted by molar-refractivity contribution is -0.172. The number of fused-ring (bicyclic) bond motifs is 6. The van der Waals surface area contributed by atoms with Gasteiger partial charge in [-0.15, -0.1) is 0 Å². The van der Waals surface area contributed by atoms with Crippen LogP contribution in [-0.2, 0) is 37.8 Å². The van der Waals surface area contributed by atoms with Gasteiger partial charge >= 0.3 is 11.9 Å². The Morgan fingerprint density at radius 3 is 2.86 bits per heavy atom. The molecule has 0 aliphatic carbocycles. The van der Waals surface area contributed by atoms with Crippen molar-refractivity contribution < 1.29 is 33.6 Å². The van der Waals surface area contributed by atoms with Crippen molar-refractivity contribution in [1.82, 2.24) is 9.55 Å². The fourth-order valence-electron chi connectivity index (χ4n) is 4.90. The molecule has 0 saturated heterocycles. The van der Waals surface area contributed by atoms with Crippen LogP contribution in [0.4, 0.5) is 0 Å². The Hall–Kier alpha value is -4.18. The molecule has 35 heavy (non-hydrogen) atoms. The largest absolute Gasteiger partial charge is 0.466 e. The number of methoxy groups -OCH3 is 1. The van der Waals surface area contributed by atoms with E-state index in [0.29, 0.717) is 39.4 Å². The van der Waals surface area contributed by atoms with Gasteiger partial charge in [0.1, 0.15) is 6.61 Å². The summed E-state index contributed by atoms with van der Waals surface area (Å²) >= 11 is 0. The fourth-order valence-corrected chi connectivity index (χ4v) is 4.90. The Morgan fingerprint density at radius 2 is 2.09 bits per heavy atom. The molecule has 1 unspecified atom stereocenters. The summed E-state index contributed by atoms with van der Waals surface area (Å²) in [6, 6.07) is 5.30. The topological polar surface area (TPSA) is 126 Å². The molecule has 0 fully saturated rings. The average molecular weight is 476 g/mol. The number of carbonyl (C=O) groups is 2. The van der Waals surface area contributed by atoms with E-state index in [4.69, 9.17) is 23.9 Å². The summed E-state index contributed by atoms with van der Waals surface area (Å²) in [5, 5.41) is 11.7. The molecule has 3 aliphatic heterocycles. The lowest BCUT2D eigenvalue weighted by atomic mass is 9.86. The second-order valence-electron chi connectivity index (χ2n) is 8.55. The van der Waals surface area contributed by atoms with E-state index in [1.807, 2.05) is 6.07 Å². The third-order valence-corrected chi connectivity index (χ3v) is 6.78. The van der Waals surface area contributed by atoms with Crippen LogP contribution in [0.3, 0.4) is 0 Å². The zero-order valence-corrected chi connectivity index (χ0v) is 18.9. The summed E-state index contributed by atoms with van der Waals surface area (Å²) in [6.45, 7) is 1.77. The second kappa shape index (κ2) is 7.41. The SMILES string of the molecule is CCC1(O)C(=O)OCc2c1cc1n(c2=O)Cc2cc3c(C=CC(=O)OC)c4c(cc3nc2-1)OCO4. The van der Waals surface area contributed by atoms with E-state index in [1.165, 1.54) is 13.2 Å². The summed E-state index contributed by atoms with van der Waals surface area (Å²) in [5.74, 6) is -0.311. The summed E-state index contributed by atoms with van der Waals surface area (Å²) < 4.78 is 22.6. The molecule has 3 aliphatic rings. The molecule has 1 aromatic carbocycles. The highest BCUT2D eigenvalue weighted by molar-refractivity contribution is 5.98. The van der Waals surface area contributed by atoms with Gasteiger partial charge in [-0.2, -0.15) is 0 Å². The van der Waals surface area contributed by atoms with Crippen LogP contribution >= 0.6 is 0 Å². The van der Waals surface area contributed by atoms with Gasteiger partial charge in [-0.3, -0.25) is 4.79 Å². The number of rotatable bonds is 3. The number of aliphatic hydroxyl groups is 1. The van der Waals surface area contributed by atoms with Gasteiger partial charge < -0.3 is 28.6 Å². The van der Waals surface area contributed by atoms with Crippen molar-refractivity contribution >= 4 is 28.9 Å². The van der Waals surface area contributed by atoms with Gasteiger partial charge in [-0.05, 0) is 24.6 Å². The molecule has 1 N–H and O–H groups in total. The normalized spacial score (nSPS) is 19.5. The molecule has 0 saturated carbocycles. The highest BCUT2D eigenvalue weighted by Crippen LogP contribution is 2.44. The minimum atomic E-state index is -1.89. The number of nitrogens with zero attached hydrogens (tertiary/aromatic N) is 2. The van der Waals surface area contributed by atoms with Crippen LogP contribution in [0.2, 0.25) is 0 Å². The van der Waals surface area contributed by atoms with Gasteiger partial charge in [0, 0.05) is 34.2 Å². The van der Waals surface area contributed by atoms with E-state index in [-0.39, 0.29) is 43.1 Å². The zero-order chi connectivity index (χ0) is 24.5. The average Bonchev–Trinajstić information content (AvgIpc) is 3.47. The van der Waals surface area contributed by atoms with Crippen LogP contribution in [0.15, 0.2) is 29.1 Å². The first-order valence-electron chi connectivity index (χ1n) is 11.0. The molecular formula is C25H20N2O8. The number of cyclic esters (lactones) is 1. The summed E-state index contributed by atoms with van der Waals surface area (Å²) in [7, 11) is 1.29. The fraction of sp³-hybridized carbons (Fsp3) is 0.280. The van der Waals surface area contributed by atoms with E-state index in [1.54, 1.807) is 29.7 Å². The van der Waals surface area contributed by atoms with Gasteiger partial charge in [0.25, 0.3) is 5.56 Å².